The molecule has 0 aromatic carbocycles. The van der Waals surface area contributed by atoms with Crippen LogP contribution in [0.25, 0.3) is 11.5 Å². The lowest BCUT2D eigenvalue weighted by Crippen LogP contribution is -2.25. The molecule has 0 bridgehead atoms. The van der Waals surface area contributed by atoms with E-state index in [4.69, 9.17) is 27.9 Å². The molecule has 0 saturated carbocycles. The third-order valence-corrected chi connectivity index (χ3v) is 7.13. The first-order chi connectivity index (χ1) is 21.2. The molecule has 1 fully saturated rings. The third kappa shape index (κ3) is 8.22. The minimum atomic E-state index is -0.400. The van der Waals surface area contributed by atoms with Crippen LogP contribution >= 0.6 is 23.2 Å². The van der Waals surface area contributed by atoms with E-state index in [-0.39, 0.29) is 17.2 Å². The molecule has 44 heavy (non-hydrogen) atoms. The van der Waals surface area contributed by atoms with E-state index >= 15 is 0 Å². The smallest absolute Gasteiger partial charge is 0.232 e. The van der Waals surface area contributed by atoms with Crippen LogP contribution in [0.3, 0.4) is 0 Å². The van der Waals surface area contributed by atoms with Gasteiger partial charge in [-0.3, -0.25) is 4.79 Å². The number of amides is 1. The molecule has 1 atom stereocenters. The van der Waals surface area contributed by atoms with Gasteiger partial charge in [-0.15, -0.1) is 11.4 Å². The van der Waals surface area contributed by atoms with Gasteiger partial charge in [0.1, 0.15) is 0 Å². The number of rotatable bonds is 5. The fourth-order valence-corrected chi connectivity index (χ4v) is 5.06. The van der Waals surface area contributed by atoms with E-state index < -0.39 is 5.92 Å². The fraction of sp³-hybridized carbons (Fsp3) is 0.500. The second kappa shape index (κ2) is 17.2. The molecule has 0 radical (unpaired) electrons. The number of aromatic nitrogens is 7. The van der Waals surface area contributed by atoms with E-state index in [2.05, 4.69) is 57.9 Å². The zero-order chi connectivity index (χ0) is 33.0. The number of allylic oxidation sites excluding steroid dienone is 1. The molecule has 1 aliphatic heterocycles. The lowest BCUT2D eigenvalue weighted by atomic mass is 9.88. The summed E-state index contributed by atoms with van der Waals surface area (Å²) in [6.45, 7) is 23.0. The van der Waals surface area contributed by atoms with Crippen LogP contribution in [0.4, 0.5) is 5.69 Å². The molecule has 1 aliphatic carbocycles. The highest BCUT2D eigenvalue weighted by Gasteiger charge is 2.43. The van der Waals surface area contributed by atoms with Crippen LogP contribution in [0.15, 0.2) is 43.4 Å². The van der Waals surface area contributed by atoms with Crippen molar-refractivity contribution >= 4 is 40.4 Å². The number of fused-ring (bicyclic) bond motifs is 3. The Balaban J connectivity index is 0.000000607. The van der Waals surface area contributed by atoms with Gasteiger partial charge in [0.15, 0.2) is 16.6 Å². The Morgan fingerprint density at radius 2 is 1.73 bits per heavy atom. The summed E-state index contributed by atoms with van der Waals surface area (Å²) in [7, 11) is 0. The molecule has 12 heteroatoms. The van der Waals surface area contributed by atoms with Gasteiger partial charge < -0.3 is 10.1 Å². The van der Waals surface area contributed by atoms with Crippen molar-refractivity contribution in [3.05, 3.63) is 70.5 Å². The van der Waals surface area contributed by atoms with Gasteiger partial charge in [-0.05, 0) is 18.9 Å². The van der Waals surface area contributed by atoms with Crippen molar-refractivity contribution in [2.75, 3.05) is 18.5 Å². The number of pyridine rings is 1. The lowest BCUT2D eigenvalue weighted by molar-refractivity contribution is -0.117. The predicted octanol–water partition coefficient (Wildman–Crippen LogP) is 8.19. The van der Waals surface area contributed by atoms with E-state index in [0.29, 0.717) is 47.0 Å². The van der Waals surface area contributed by atoms with Crippen molar-refractivity contribution in [1.82, 2.24) is 34.6 Å². The number of anilines is 1. The Bertz CT molecular complexity index is 1510. The molecule has 1 unspecified atom stereocenters. The minimum absolute atomic E-state index is 0.165. The molecule has 2 aliphatic rings. The molecule has 10 nitrogen and oxygen atoms in total. The highest BCUT2D eigenvalue weighted by molar-refractivity contribution is 6.32. The third-order valence-electron chi connectivity index (χ3n) is 6.66. The lowest BCUT2D eigenvalue weighted by Gasteiger charge is -2.23. The summed E-state index contributed by atoms with van der Waals surface area (Å²) in [5.74, 6) is 0.0727. The van der Waals surface area contributed by atoms with E-state index in [9.17, 15) is 4.79 Å². The normalized spacial score (nSPS) is 15.8. The first kappa shape index (κ1) is 36.8. The highest BCUT2D eigenvalue weighted by atomic mass is 35.5. The summed E-state index contributed by atoms with van der Waals surface area (Å²) in [6, 6.07) is 3.35. The molecular formula is C32H46Cl2N8O2. The molecule has 5 heterocycles. The van der Waals surface area contributed by atoms with Crippen LogP contribution in [0.1, 0.15) is 104 Å². The minimum Gasteiger partial charge on any atom is -0.380 e. The van der Waals surface area contributed by atoms with Crippen LogP contribution in [-0.2, 0) is 14.9 Å². The Morgan fingerprint density at radius 1 is 1.07 bits per heavy atom. The monoisotopic (exact) mass is 644 g/mol. The van der Waals surface area contributed by atoms with Gasteiger partial charge in [-0.1, -0.05) is 91.6 Å². The largest absolute Gasteiger partial charge is 0.380 e. The van der Waals surface area contributed by atoms with Gasteiger partial charge in [-0.2, -0.15) is 15.3 Å². The average Bonchev–Trinajstić information content (AvgIpc) is 3.70. The van der Waals surface area contributed by atoms with Crippen LogP contribution in [-0.4, -0.2) is 53.7 Å². The van der Waals surface area contributed by atoms with Crippen LogP contribution in [0, 0.1) is 0 Å². The first-order valence-electron chi connectivity index (χ1n) is 15.3. The summed E-state index contributed by atoms with van der Waals surface area (Å²) < 4.78 is 6.94. The molecule has 1 saturated heterocycles. The molecule has 1 amide bonds. The summed E-state index contributed by atoms with van der Waals surface area (Å²) in [6.07, 6.45) is 8.54. The zero-order valence-electron chi connectivity index (χ0n) is 27.4. The van der Waals surface area contributed by atoms with Crippen molar-refractivity contribution in [3.63, 3.8) is 0 Å². The molecule has 0 spiro atoms. The van der Waals surface area contributed by atoms with Gasteiger partial charge in [0.2, 0.25) is 5.91 Å². The second-order valence-corrected chi connectivity index (χ2v) is 10.7. The maximum Gasteiger partial charge on any atom is 0.232 e. The van der Waals surface area contributed by atoms with Crippen molar-refractivity contribution < 1.29 is 9.53 Å². The van der Waals surface area contributed by atoms with Crippen molar-refractivity contribution in [3.8, 4) is 5.82 Å². The first-order valence-corrected chi connectivity index (χ1v) is 16.1. The van der Waals surface area contributed by atoms with Crippen LogP contribution in [0.5, 0.6) is 0 Å². The number of nitrogens with one attached hydrogen (secondary N) is 1. The predicted molar refractivity (Wildman–Crippen MR) is 179 cm³/mol. The maximum atomic E-state index is 13.3. The number of ether oxygens (including phenoxy) is 1. The molecule has 4 aromatic rings. The van der Waals surface area contributed by atoms with Crippen molar-refractivity contribution in [2.45, 2.75) is 92.4 Å². The number of halogens is 2. The molecule has 240 valence electrons. The summed E-state index contributed by atoms with van der Waals surface area (Å²) in [4.78, 5) is 23.5. The molecular weight excluding hydrogens is 599 g/mol. The highest BCUT2D eigenvalue weighted by Crippen LogP contribution is 2.46. The van der Waals surface area contributed by atoms with E-state index in [1.165, 1.54) is 4.80 Å². The Morgan fingerprint density at radius 3 is 2.30 bits per heavy atom. The summed E-state index contributed by atoms with van der Waals surface area (Å²) in [5, 5.41) is 16.7. The number of carbonyl (C=O) groups is 1. The topological polar surface area (TPSA) is 112 Å². The number of hydrogen-bond donors (Lipinski definition) is 1. The van der Waals surface area contributed by atoms with E-state index in [0.717, 1.165) is 23.4 Å². The van der Waals surface area contributed by atoms with Crippen molar-refractivity contribution in [1.29, 1.82) is 0 Å². The zero-order valence-corrected chi connectivity index (χ0v) is 28.9. The second-order valence-electron chi connectivity index (χ2n) is 9.95. The molecule has 4 aromatic heterocycles. The molecule has 1 N–H and O–H groups in total. The van der Waals surface area contributed by atoms with E-state index in [1.807, 2.05) is 47.6 Å². The standard InChI is InChI=1S/C22H20Cl2N8O2.C4H8.3C2H6/c1-22(2)5-13(14-7-25-18-4-17(24)30-31(18)19(14)22)21(33)28-12-3-15(23)20(26-6-12)32-27-8-16(29-32)11-9-34-10-11;1-3-4-2;3*1-2/h3-4,6-8,11,13H,5,9-10H2,1-2H3,(H,28,33);3H,1,4H2,2H3;3*1-2H3. The van der Waals surface area contributed by atoms with Crippen molar-refractivity contribution in [2.24, 2.45) is 0 Å². The Labute approximate surface area is 271 Å². The fourth-order valence-electron chi connectivity index (χ4n) is 4.65. The number of hydrogen-bond acceptors (Lipinski definition) is 7. The average molecular weight is 646 g/mol. The maximum absolute atomic E-state index is 13.3. The SMILES string of the molecule is C=CCC.CC.CC.CC.CC1(C)CC(C(=O)Nc2cnc(-n3ncc(C4COC4)n3)c(Cl)c2)c2cnc3cc(Cl)nn3c21. The quantitative estimate of drug-likeness (QED) is 0.218. The van der Waals surface area contributed by atoms with Gasteiger partial charge in [0.05, 0.1) is 59.5 Å². The van der Waals surface area contributed by atoms with Gasteiger partial charge in [-0.25, -0.2) is 14.5 Å². The van der Waals surface area contributed by atoms with E-state index in [1.54, 1.807) is 35.2 Å². The van der Waals surface area contributed by atoms with Gasteiger partial charge >= 0.3 is 0 Å². The summed E-state index contributed by atoms with van der Waals surface area (Å²) in [5.41, 5.74) is 3.46. The van der Waals surface area contributed by atoms with Crippen LogP contribution in [0.2, 0.25) is 10.2 Å². The Kier molecular flexibility index (Phi) is 14.4. The van der Waals surface area contributed by atoms with Gasteiger partial charge in [0, 0.05) is 23.2 Å². The van der Waals surface area contributed by atoms with Gasteiger partial charge in [0.25, 0.3) is 0 Å². The molecule has 6 rings (SSSR count). The van der Waals surface area contributed by atoms with Crippen LogP contribution < -0.4 is 5.32 Å². The summed E-state index contributed by atoms with van der Waals surface area (Å²) >= 11 is 12.6. The number of carbonyl (C=O) groups excluding carboxylic acids is 1. The number of nitrogens with zero attached hydrogens (tertiary/aromatic N) is 7. The Hall–Kier alpha value is -3.34.